The standard InChI is InChI=1S/C14H18BrN7/c1-2-7-10(15)12(17)22(21-7)13(18)11(16)14-19-8-5-3-4-6-9(8)20-14/h3-7,18-21H,2,16-17H2,1H3. The Morgan fingerprint density at radius 3 is 2.41 bits per heavy atom. The van der Waals surface area contributed by atoms with Crippen LogP contribution < -0.4 is 27.5 Å². The maximum Gasteiger partial charge on any atom is 0.168 e. The summed E-state index contributed by atoms with van der Waals surface area (Å²) in [6.07, 6.45) is 0.851. The van der Waals surface area contributed by atoms with Crippen molar-refractivity contribution in [2.45, 2.75) is 19.4 Å². The zero-order valence-electron chi connectivity index (χ0n) is 12.1. The molecule has 2 aliphatic heterocycles. The number of benzene rings is 1. The monoisotopic (exact) mass is 363 g/mol. The molecule has 0 bridgehead atoms. The Kier molecular flexibility index (Phi) is 3.71. The van der Waals surface area contributed by atoms with Gasteiger partial charge in [-0.2, -0.15) is 0 Å². The third-order valence-electron chi connectivity index (χ3n) is 3.68. The summed E-state index contributed by atoms with van der Waals surface area (Å²) >= 11 is 3.46. The molecule has 0 radical (unpaired) electrons. The summed E-state index contributed by atoms with van der Waals surface area (Å²) in [5.41, 5.74) is 17.5. The summed E-state index contributed by atoms with van der Waals surface area (Å²) in [6, 6.07) is 7.81. The molecule has 2 aliphatic rings. The predicted octanol–water partition coefficient (Wildman–Crippen LogP) is 1.75. The minimum Gasteiger partial charge on any atom is -0.393 e. The number of hydrazine groups is 1. The molecule has 1 unspecified atom stereocenters. The molecule has 0 amide bonds. The Bertz CT molecular complexity index is 667. The van der Waals surface area contributed by atoms with Gasteiger partial charge in [-0.05, 0) is 34.5 Å². The minimum absolute atomic E-state index is 0.0554. The van der Waals surface area contributed by atoms with Crippen molar-refractivity contribution in [1.29, 1.82) is 5.41 Å². The molecule has 1 aromatic rings. The van der Waals surface area contributed by atoms with Crippen LogP contribution in [0.2, 0.25) is 0 Å². The molecular formula is C14H18BrN7. The third kappa shape index (κ3) is 2.30. The smallest absolute Gasteiger partial charge is 0.168 e. The number of rotatable bonds is 2. The Hall–Kier alpha value is -2.19. The number of halogens is 1. The molecule has 8 heteroatoms. The van der Waals surface area contributed by atoms with Crippen LogP contribution in [0.25, 0.3) is 0 Å². The van der Waals surface area contributed by atoms with Crippen LogP contribution in [0.4, 0.5) is 11.4 Å². The molecular weight excluding hydrogens is 346 g/mol. The van der Waals surface area contributed by atoms with Crippen molar-refractivity contribution in [2.24, 2.45) is 11.5 Å². The third-order valence-corrected chi connectivity index (χ3v) is 4.64. The second-order valence-electron chi connectivity index (χ2n) is 5.09. The van der Waals surface area contributed by atoms with E-state index in [1.807, 2.05) is 31.2 Å². The molecule has 3 rings (SSSR count). The van der Waals surface area contributed by atoms with Gasteiger partial charge >= 0.3 is 0 Å². The zero-order valence-corrected chi connectivity index (χ0v) is 13.7. The summed E-state index contributed by atoms with van der Waals surface area (Å²) in [4.78, 5) is 0. The fourth-order valence-electron chi connectivity index (χ4n) is 2.40. The number of fused-ring (bicyclic) bond motifs is 1. The molecule has 7 nitrogen and oxygen atoms in total. The van der Waals surface area contributed by atoms with Gasteiger partial charge in [0.1, 0.15) is 17.3 Å². The van der Waals surface area contributed by atoms with Crippen LogP contribution in [-0.2, 0) is 0 Å². The normalized spacial score (nSPS) is 19.8. The topological polar surface area (TPSA) is 115 Å². The first-order valence-corrected chi connectivity index (χ1v) is 7.75. The predicted molar refractivity (Wildman–Crippen MR) is 91.8 cm³/mol. The first-order valence-electron chi connectivity index (χ1n) is 6.96. The quantitative estimate of drug-likeness (QED) is 0.352. The van der Waals surface area contributed by atoms with E-state index in [2.05, 4.69) is 32.0 Å². The maximum atomic E-state index is 8.31. The van der Waals surface area contributed by atoms with Crippen molar-refractivity contribution in [1.82, 2.24) is 10.4 Å². The van der Waals surface area contributed by atoms with Gasteiger partial charge in [0.25, 0.3) is 0 Å². The molecule has 0 saturated carbocycles. The lowest BCUT2D eigenvalue weighted by Crippen LogP contribution is -2.45. The van der Waals surface area contributed by atoms with E-state index in [0.29, 0.717) is 11.6 Å². The molecule has 0 fully saturated rings. The average Bonchev–Trinajstić information content (AvgIpc) is 3.08. The molecule has 8 N–H and O–H groups in total. The van der Waals surface area contributed by atoms with E-state index in [1.165, 1.54) is 5.01 Å². The first-order chi connectivity index (χ1) is 10.5. The number of hydrogen-bond acceptors (Lipinski definition) is 6. The molecule has 1 atom stereocenters. The largest absolute Gasteiger partial charge is 0.393 e. The Morgan fingerprint density at radius 2 is 1.91 bits per heavy atom. The fourth-order valence-corrected chi connectivity index (χ4v) is 3.00. The number of hydrogen-bond donors (Lipinski definition) is 6. The summed E-state index contributed by atoms with van der Waals surface area (Å²) in [6.45, 7) is 2.04. The lowest BCUT2D eigenvalue weighted by atomic mass is 10.2. The van der Waals surface area contributed by atoms with Gasteiger partial charge in [-0.15, -0.1) is 0 Å². The molecule has 116 valence electrons. The van der Waals surface area contributed by atoms with Crippen LogP contribution in [0, 0.1) is 5.41 Å². The maximum absolute atomic E-state index is 8.31. The van der Waals surface area contributed by atoms with Crippen molar-refractivity contribution < 1.29 is 0 Å². The second kappa shape index (κ2) is 5.54. The van der Waals surface area contributed by atoms with Crippen LogP contribution >= 0.6 is 15.9 Å². The number of anilines is 2. The van der Waals surface area contributed by atoms with Crippen molar-refractivity contribution in [3.05, 3.63) is 46.1 Å². The van der Waals surface area contributed by atoms with Gasteiger partial charge in [-0.3, -0.25) is 5.41 Å². The van der Waals surface area contributed by atoms with Gasteiger partial charge in [0.2, 0.25) is 0 Å². The second-order valence-corrected chi connectivity index (χ2v) is 5.95. The van der Waals surface area contributed by atoms with E-state index < -0.39 is 0 Å². The number of amidine groups is 1. The lowest BCUT2D eigenvalue weighted by Gasteiger charge is -2.22. The highest BCUT2D eigenvalue weighted by atomic mass is 79.9. The van der Waals surface area contributed by atoms with E-state index in [0.717, 1.165) is 22.3 Å². The van der Waals surface area contributed by atoms with E-state index in [4.69, 9.17) is 16.9 Å². The number of nitrogens with two attached hydrogens (primary N) is 2. The highest BCUT2D eigenvalue weighted by Crippen LogP contribution is 2.31. The molecule has 22 heavy (non-hydrogen) atoms. The fraction of sp³-hybridized carbons (Fsp3) is 0.214. The van der Waals surface area contributed by atoms with Crippen molar-refractivity contribution in [3.8, 4) is 0 Å². The van der Waals surface area contributed by atoms with Crippen molar-refractivity contribution in [2.75, 3.05) is 10.6 Å². The molecule has 2 heterocycles. The number of nitrogens with one attached hydrogen (secondary N) is 4. The summed E-state index contributed by atoms with van der Waals surface area (Å²) in [5, 5.41) is 16.1. The summed E-state index contributed by atoms with van der Waals surface area (Å²) in [7, 11) is 0. The van der Waals surface area contributed by atoms with Crippen LogP contribution in [0.3, 0.4) is 0 Å². The SMILES string of the molecule is CCC1NN(C(=N)C(N)=C2Nc3ccccc3N2)C(N)=C1Br. The Morgan fingerprint density at radius 1 is 1.32 bits per heavy atom. The molecule has 0 spiro atoms. The highest BCUT2D eigenvalue weighted by Gasteiger charge is 2.31. The molecule has 1 aromatic carbocycles. The van der Waals surface area contributed by atoms with Gasteiger partial charge in [0.15, 0.2) is 5.84 Å². The zero-order chi connectivity index (χ0) is 15.9. The highest BCUT2D eigenvalue weighted by molar-refractivity contribution is 9.11. The van der Waals surface area contributed by atoms with Crippen LogP contribution in [0.15, 0.2) is 46.1 Å². The van der Waals surface area contributed by atoms with Gasteiger partial charge in [0.05, 0.1) is 21.9 Å². The van der Waals surface area contributed by atoms with Gasteiger partial charge in [0, 0.05) is 0 Å². The Balaban J connectivity index is 1.84. The Labute approximate surface area is 137 Å². The molecule has 0 aromatic heterocycles. The van der Waals surface area contributed by atoms with E-state index in [-0.39, 0.29) is 17.6 Å². The van der Waals surface area contributed by atoms with Gasteiger partial charge in [-0.1, -0.05) is 19.1 Å². The van der Waals surface area contributed by atoms with E-state index in [1.54, 1.807) is 0 Å². The first kappa shape index (κ1) is 14.7. The summed E-state index contributed by atoms with van der Waals surface area (Å²) in [5.74, 6) is 1.13. The number of para-hydroxylation sites is 2. The van der Waals surface area contributed by atoms with Crippen LogP contribution in [-0.4, -0.2) is 16.9 Å². The summed E-state index contributed by atoms with van der Waals surface area (Å²) < 4.78 is 0.841. The lowest BCUT2D eigenvalue weighted by molar-refractivity contribution is 0.371. The van der Waals surface area contributed by atoms with Crippen LogP contribution in [0.5, 0.6) is 0 Å². The van der Waals surface area contributed by atoms with Gasteiger partial charge in [-0.25, -0.2) is 10.4 Å². The minimum atomic E-state index is 0.0554. The van der Waals surface area contributed by atoms with Gasteiger partial charge < -0.3 is 22.1 Å². The van der Waals surface area contributed by atoms with Crippen molar-refractivity contribution >= 4 is 33.1 Å². The van der Waals surface area contributed by atoms with Crippen LogP contribution in [0.1, 0.15) is 13.3 Å². The molecule has 0 saturated heterocycles. The van der Waals surface area contributed by atoms with Crippen molar-refractivity contribution in [3.63, 3.8) is 0 Å². The molecule has 0 aliphatic carbocycles. The number of nitrogens with zero attached hydrogens (tertiary/aromatic N) is 1. The average molecular weight is 364 g/mol. The van der Waals surface area contributed by atoms with E-state index >= 15 is 0 Å². The van der Waals surface area contributed by atoms with E-state index in [9.17, 15) is 0 Å².